The number of H-pyrrole nitrogens is 1. The number of rotatable bonds is 5. The van der Waals surface area contributed by atoms with Crippen LogP contribution in [0.25, 0.3) is 0 Å². The van der Waals surface area contributed by atoms with Crippen molar-refractivity contribution in [3.8, 4) is 0 Å². The molecule has 1 fully saturated rings. The average molecular weight is 383 g/mol. The van der Waals surface area contributed by atoms with Crippen molar-refractivity contribution in [1.29, 1.82) is 0 Å². The van der Waals surface area contributed by atoms with Crippen LogP contribution in [-0.2, 0) is 12.7 Å². The Morgan fingerprint density at radius 3 is 2.48 bits per heavy atom. The Hall–Kier alpha value is -2.62. The molecule has 27 heavy (non-hydrogen) atoms. The van der Waals surface area contributed by atoms with E-state index in [4.69, 9.17) is 0 Å². The smallest absolute Gasteiger partial charge is 0.369 e. The number of anilines is 1. The van der Waals surface area contributed by atoms with Crippen LogP contribution in [-0.4, -0.2) is 52.4 Å². The predicted molar refractivity (Wildman–Crippen MR) is 93.8 cm³/mol. The van der Waals surface area contributed by atoms with Crippen LogP contribution in [0.4, 0.5) is 18.9 Å². The van der Waals surface area contributed by atoms with Gasteiger partial charge in [-0.15, -0.1) is 0 Å². The molecular weight excluding hydrogens is 363 g/mol. The van der Waals surface area contributed by atoms with E-state index in [1.54, 1.807) is 6.07 Å². The van der Waals surface area contributed by atoms with Gasteiger partial charge in [0.25, 0.3) is 5.56 Å². The van der Waals surface area contributed by atoms with Gasteiger partial charge >= 0.3 is 11.9 Å². The van der Waals surface area contributed by atoms with Crippen LogP contribution in [0.1, 0.15) is 12.0 Å². The molecule has 2 heterocycles. The van der Waals surface area contributed by atoms with Crippen molar-refractivity contribution in [3.05, 3.63) is 56.9 Å². The van der Waals surface area contributed by atoms with Crippen molar-refractivity contribution in [2.45, 2.75) is 19.1 Å². The standard InChI is InChI=1S/C17H20F3N5O2/c18-17(19,20)13-3-1-4-14(11-13)24-9-7-23(8-10-24)5-2-6-25-16(27)22-15(26)12-21-25/h1,3-4,11-12H,2,5-10H2,(H,22,26,27). The Labute approximate surface area is 153 Å². The van der Waals surface area contributed by atoms with Crippen LogP contribution in [0, 0.1) is 0 Å². The quantitative estimate of drug-likeness (QED) is 0.839. The number of piperazine rings is 1. The molecule has 0 saturated carbocycles. The summed E-state index contributed by atoms with van der Waals surface area (Å²) in [5.74, 6) is 0. The molecule has 3 rings (SSSR count). The summed E-state index contributed by atoms with van der Waals surface area (Å²) in [7, 11) is 0. The van der Waals surface area contributed by atoms with Crippen LogP contribution in [0.15, 0.2) is 40.1 Å². The first-order chi connectivity index (χ1) is 12.8. The molecule has 1 aliphatic rings. The lowest BCUT2D eigenvalue weighted by molar-refractivity contribution is -0.137. The van der Waals surface area contributed by atoms with Crippen molar-refractivity contribution in [2.24, 2.45) is 0 Å². The molecule has 0 aliphatic carbocycles. The number of nitrogens with zero attached hydrogens (tertiary/aromatic N) is 4. The van der Waals surface area contributed by atoms with Crippen LogP contribution in [0.5, 0.6) is 0 Å². The van der Waals surface area contributed by atoms with E-state index in [2.05, 4.69) is 15.0 Å². The number of halogens is 3. The van der Waals surface area contributed by atoms with Crippen LogP contribution in [0.3, 0.4) is 0 Å². The van der Waals surface area contributed by atoms with Crippen LogP contribution >= 0.6 is 0 Å². The minimum absolute atomic E-state index is 0.392. The van der Waals surface area contributed by atoms with Gasteiger partial charge in [-0.05, 0) is 24.6 Å². The van der Waals surface area contributed by atoms with E-state index in [1.165, 1.54) is 16.8 Å². The van der Waals surface area contributed by atoms with Gasteiger partial charge in [0.1, 0.15) is 6.20 Å². The minimum Gasteiger partial charge on any atom is -0.369 e. The summed E-state index contributed by atoms with van der Waals surface area (Å²) in [6.45, 7) is 3.86. The van der Waals surface area contributed by atoms with Crippen molar-refractivity contribution >= 4 is 5.69 Å². The Bertz CT molecular complexity index is 885. The highest BCUT2D eigenvalue weighted by molar-refractivity contribution is 5.49. The maximum atomic E-state index is 12.9. The van der Waals surface area contributed by atoms with Gasteiger partial charge in [0, 0.05) is 45.0 Å². The molecule has 0 bridgehead atoms. The average Bonchev–Trinajstić information content (AvgIpc) is 2.63. The highest BCUT2D eigenvalue weighted by atomic mass is 19.4. The van der Waals surface area contributed by atoms with Crippen molar-refractivity contribution < 1.29 is 13.2 Å². The largest absolute Gasteiger partial charge is 0.416 e. The molecule has 0 radical (unpaired) electrons. The monoisotopic (exact) mass is 383 g/mol. The molecule has 0 atom stereocenters. The zero-order valence-electron chi connectivity index (χ0n) is 14.6. The number of hydrogen-bond acceptors (Lipinski definition) is 5. The maximum Gasteiger partial charge on any atom is 0.416 e. The van der Waals surface area contributed by atoms with Gasteiger partial charge < -0.3 is 4.90 Å². The Kier molecular flexibility index (Phi) is 5.64. The zero-order valence-corrected chi connectivity index (χ0v) is 14.6. The Morgan fingerprint density at radius 2 is 1.81 bits per heavy atom. The third-order valence-electron chi connectivity index (χ3n) is 4.53. The first kappa shape index (κ1) is 19.2. The summed E-state index contributed by atoms with van der Waals surface area (Å²) in [5, 5.41) is 3.78. The maximum absolute atomic E-state index is 12.9. The van der Waals surface area contributed by atoms with Gasteiger partial charge in [-0.3, -0.25) is 14.7 Å². The van der Waals surface area contributed by atoms with Crippen LogP contribution in [0.2, 0.25) is 0 Å². The predicted octanol–water partition coefficient (Wildman–Crippen LogP) is 1.16. The number of aromatic amines is 1. The molecule has 7 nitrogen and oxygen atoms in total. The summed E-state index contributed by atoms with van der Waals surface area (Å²) in [6.07, 6.45) is -2.59. The molecule has 146 valence electrons. The van der Waals surface area contributed by atoms with Gasteiger partial charge in [0.05, 0.1) is 5.56 Å². The van der Waals surface area contributed by atoms with Gasteiger partial charge in [-0.1, -0.05) is 6.07 Å². The number of aryl methyl sites for hydroxylation is 1. The molecular formula is C17H20F3N5O2. The van der Waals surface area contributed by atoms with E-state index in [1.807, 2.05) is 4.90 Å². The number of nitrogens with one attached hydrogen (secondary N) is 1. The van der Waals surface area contributed by atoms with Gasteiger partial charge in [0.2, 0.25) is 0 Å². The Morgan fingerprint density at radius 1 is 1.07 bits per heavy atom. The van der Waals surface area contributed by atoms with Gasteiger partial charge in [-0.25, -0.2) is 9.48 Å². The van der Waals surface area contributed by atoms with E-state index in [0.717, 1.165) is 31.9 Å². The van der Waals surface area contributed by atoms with E-state index in [9.17, 15) is 22.8 Å². The Balaban J connectivity index is 1.49. The highest BCUT2D eigenvalue weighted by Gasteiger charge is 2.31. The molecule has 10 heteroatoms. The SMILES string of the molecule is O=c1cnn(CCCN2CCN(c3cccc(C(F)(F)F)c3)CC2)c(=O)[nH]1. The summed E-state index contributed by atoms with van der Waals surface area (Å²) in [6, 6.07) is 5.38. The fourth-order valence-corrected chi connectivity index (χ4v) is 3.09. The van der Waals surface area contributed by atoms with Gasteiger partial charge in [0.15, 0.2) is 0 Å². The molecule has 1 aromatic heterocycles. The molecule has 1 aromatic carbocycles. The van der Waals surface area contributed by atoms with E-state index >= 15 is 0 Å². The third kappa shape index (κ3) is 4.97. The summed E-state index contributed by atoms with van der Waals surface area (Å²) in [4.78, 5) is 28.8. The number of aromatic nitrogens is 3. The molecule has 0 spiro atoms. The fraction of sp³-hybridized carbons (Fsp3) is 0.471. The van der Waals surface area contributed by atoms with E-state index in [0.29, 0.717) is 31.7 Å². The topological polar surface area (TPSA) is 74.2 Å². The van der Waals surface area contributed by atoms with E-state index in [-0.39, 0.29) is 0 Å². The second kappa shape index (κ2) is 7.95. The lowest BCUT2D eigenvalue weighted by Crippen LogP contribution is -2.47. The second-order valence-electron chi connectivity index (χ2n) is 6.39. The molecule has 1 N–H and O–H groups in total. The lowest BCUT2D eigenvalue weighted by Gasteiger charge is -2.36. The number of benzene rings is 1. The van der Waals surface area contributed by atoms with Crippen molar-refractivity contribution in [2.75, 3.05) is 37.6 Å². The van der Waals surface area contributed by atoms with E-state index < -0.39 is 23.0 Å². The van der Waals surface area contributed by atoms with Crippen molar-refractivity contribution in [3.63, 3.8) is 0 Å². The molecule has 0 amide bonds. The zero-order chi connectivity index (χ0) is 19.4. The lowest BCUT2D eigenvalue weighted by atomic mass is 10.1. The minimum atomic E-state index is -4.34. The second-order valence-corrected chi connectivity index (χ2v) is 6.39. The first-order valence-electron chi connectivity index (χ1n) is 8.64. The third-order valence-corrected chi connectivity index (χ3v) is 4.53. The normalized spacial score (nSPS) is 15.9. The molecule has 1 aliphatic heterocycles. The summed E-state index contributed by atoms with van der Waals surface area (Å²) >= 11 is 0. The van der Waals surface area contributed by atoms with Gasteiger partial charge in [-0.2, -0.15) is 18.3 Å². The van der Waals surface area contributed by atoms with Crippen molar-refractivity contribution in [1.82, 2.24) is 19.7 Å². The summed E-state index contributed by atoms with van der Waals surface area (Å²) in [5.41, 5.74) is -1.12. The first-order valence-corrected chi connectivity index (χ1v) is 8.64. The molecule has 1 saturated heterocycles. The fourth-order valence-electron chi connectivity index (χ4n) is 3.09. The molecule has 2 aromatic rings. The number of hydrogen-bond donors (Lipinski definition) is 1. The molecule has 0 unspecified atom stereocenters. The summed E-state index contributed by atoms with van der Waals surface area (Å²) < 4.78 is 39.8. The van der Waals surface area contributed by atoms with Crippen LogP contribution < -0.4 is 16.1 Å². The number of alkyl halides is 3. The highest BCUT2D eigenvalue weighted by Crippen LogP contribution is 2.31.